The van der Waals surface area contributed by atoms with Gasteiger partial charge in [-0.05, 0) is 116 Å². The predicted octanol–water partition coefficient (Wildman–Crippen LogP) is 20.0. The van der Waals surface area contributed by atoms with Crippen LogP contribution in [0.1, 0.15) is 119 Å². The fraction of sp³-hybridized carbons (Fsp3) is 0.273. The van der Waals surface area contributed by atoms with Crippen LogP contribution < -0.4 is 0 Å². The molecule has 0 aliphatic rings. The number of fused-ring (bicyclic) bond motifs is 4. The van der Waals surface area contributed by atoms with Gasteiger partial charge in [0.1, 0.15) is 17.2 Å². The molecule has 0 aliphatic carbocycles. The maximum Gasteiger partial charge on any atom is 0.435 e. The van der Waals surface area contributed by atoms with Crippen LogP contribution in [0.2, 0.25) is 0 Å². The van der Waals surface area contributed by atoms with E-state index in [2.05, 4.69) is 133 Å². The van der Waals surface area contributed by atoms with Crippen molar-refractivity contribution in [2.45, 2.75) is 117 Å². The van der Waals surface area contributed by atoms with Crippen molar-refractivity contribution >= 4 is 33.0 Å². The van der Waals surface area contributed by atoms with E-state index in [0.717, 1.165) is 57.1 Å². The van der Waals surface area contributed by atoms with Crippen molar-refractivity contribution in [3.8, 4) is 50.6 Å². The Hall–Kier alpha value is -7.02. The molecule has 0 atom stereocenters. The number of imidazole rings is 1. The van der Waals surface area contributed by atoms with Crippen LogP contribution in [0.15, 0.2) is 144 Å². The molecule has 417 valence electrons. The molecular weight excluding hydrogens is 1210 g/mol. The first-order chi connectivity index (χ1) is 38.2. The molecule has 0 spiro atoms. The molecule has 80 heavy (non-hydrogen) atoms. The number of alkyl halides is 7. The molecule has 0 saturated carbocycles. The third kappa shape index (κ3) is 11.1. The van der Waals surface area contributed by atoms with Gasteiger partial charge in [0.15, 0.2) is 0 Å². The van der Waals surface area contributed by atoms with Crippen molar-refractivity contribution in [2.75, 3.05) is 0 Å². The van der Waals surface area contributed by atoms with Crippen molar-refractivity contribution in [1.29, 1.82) is 0 Å². The summed E-state index contributed by atoms with van der Waals surface area (Å²) in [4.78, 5) is 8.91. The number of halogens is 9. The first kappa shape index (κ1) is 54.9. The van der Waals surface area contributed by atoms with Crippen LogP contribution in [0.25, 0.3) is 83.6 Å². The van der Waals surface area contributed by atoms with Gasteiger partial charge in [0, 0.05) is 47.1 Å². The van der Waals surface area contributed by atoms with E-state index in [9.17, 15) is 39.5 Å². The third-order valence-corrected chi connectivity index (χ3v) is 14.1. The summed E-state index contributed by atoms with van der Waals surface area (Å²) in [5.74, 6) is -0.141. The monoisotopic (exact) mass is 1280 g/mol. The van der Waals surface area contributed by atoms with Gasteiger partial charge in [-0.3, -0.25) is 4.98 Å². The smallest absolute Gasteiger partial charge is 0.435 e. The number of hydrogen-bond donors (Lipinski definition) is 0. The fourth-order valence-electron chi connectivity index (χ4n) is 9.77. The van der Waals surface area contributed by atoms with Crippen LogP contribution in [-0.4, -0.2) is 26.9 Å². The average molecular weight is 1280 g/mol. The zero-order valence-electron chi connectivity index (χ0n) is 48.4. The molecule has 0 N–H and O–H groups in total. The van der Waals surface area contributed by atoms with Gasteiger partial charge in [-0.2, -0.15) is 26.3 Å². The second-order valence-electron chi connectivity index (χ2n) is 22.5. The summed E-state index contributed by atoms with van der Waals surface area (Å²) >= 11 is 0. The quantitative estimate of drug-likeness (QED) is 0.112. The standard InChI is InChI=1S/C51H49F2N2O.C15H9F7N.Ir/c1-29(2)39-25-33(32-23-34(50(5,6)7)28-35(24-32)51(8,9)10)26-40(30(3)4)47(39)55-44-20-12-11-19-43(44)54-49(55)38-16-13-15-37-36-22-21-31(27-45(36)56-48(37)38)46-41(52)17-14-18-42(46)53;1-9-2-4-10(5-3-9)12-8-11(6-7-23-12)13(16,14(17,18)19)15(20,21)22;/h11-15,17-30H,1-10H3;2-4,6-8H,1H3;/q2*-1;/i;1D3;. The van der Waals surface area contributed by atoms with Gasteiger partial charge in [0.25, 0.3) is 0 Å². The summed E-state index contributed by atoms with van der Waals surface area (Å²) in [7, 11) is 0. The van der Waals surface area contributed by atoms with Crippen molar-refractivity contribution < 1.29 is 68.1 Å². The first-order valence-electron chi connectivity index (χ1n) is 27.1. The van der Waals surface area contributed by atoms with Crippen LogP contribution in [-0.2, 0) is 36.6 Å². The molecule has 3 aromatic heterocycles. The van der Waals surface area contributed by atoms with Crippen LogP contribution in [0.4, 0.5) is 39.5 Å². The molecule has 0 bridgehead atoms. The van der Waals surface area contributed by atoms with E-state index in [0.29, 0.717) is 29.0 Å². The number of rotatable bonds is 8. The Morgan fingerprint density at radius 1 is 0.613 bits per heavy atom. The number of pyridine rings is 1. The van der Waals surface area contributed by atoms with Gasteiger partial charge < -0.3 is 14.0 Å². The van der Waals surface area contributed by atoms with E-state index in [4.69, 9.17) is 13.5 Å². The van der Waals surface area contributed by atoms with E-state index >= 15 is 0 Å². The first-order valence-corrected chi connectivity index (χ1v) is 25.6. The van der Waals surface area contributed by atoms with Crippen LogP contribution in [0.5, 0.6) is 0 Å². The van der Waals surface area contributed by atoms with Crippen LogP contribution in [0.3, 0.4) is 0 Å². The molecule has 10 rings (SSSR count). The Bertz CT molecular complexity index is 3940. The minimum atomic E-state index is -6.24. The average Bonchev–Trinajstić information content (AvgIpc) is 2.10. The van der Waals surface area contributed by atoms with E-state index in [-0.39, 0.29) is 65.5 Å². The molecule has 0 fully saturated rings. The SMILES string of the molecule is CC(C)c1cc(-c2cc(C(C)(C)C)cc(C(C)(C)C)c2)cc(C(C)C)c1-n1c(-c2[c-]ccc3c2oc2cc(-c4c(F)cccc4F)ccc23)nc2ccccc21.[2H]C([2H])([2H])c1c[c-]c(-c2cc(C(F)(C(F)(F)F)C(F)(F)F)ccn2)cc1.[Ir]. The van der Waals surface area contributed by atoms with Gasteiger partial charge in [-0.15, -0.1) is 53.6 Å². The Balaban J connectivity index is 0.000000281. The van der Waals surface area contributed by atoms with Crippen molar-refractivity contribution in [3.05, 3.63) is 197 Å². The van der Waals surface area contributed by atoms with Gasteiger partial charge in [-0.25, -0.2) is 13.2 Å². The van der Waals surface area contributed by atoms with Gasteiger partial charge in [-0.1, -0.05) is 142 Å². The number of furan rings is 1. The molecule has 1 radical (unpaired) electrons. The minimum absolute atomic E-state index is 0. The summed E-state index contributed by atoms with van der Waals surface area (Å²) < 4.78 is 151. The Kier molecular flexibility index (Phi) is 15.0. The zero-order valence-corrected chi connectivity index (χ0v) is 47.8. The number of benzene rings is 7. The fourth-order valence-corrected chi connectivity index (χ4v) is 9.77. The second-order valence-corrected chi connectivity index (χ2v) is 22.5. The number of nitrogens with zero attached hydrogens (tertiary/aromatic N) is 3. The molecule has 4 nitrogen and oxygen atoms in total. The minimum Gasteiger partial charge on any atom is -0.501 e. The maximum atomic E-state index is 14.9. The summed E-state index contributed by atoms with van der Waals surface area (Å²) in [5, 5.41) is 1.73. The molecule has 0 amide bonds. The van der Waals surface area contributed by atoms with E-state index < -0.39 is 47.8 Å². The zero-order chi connectivity index (χ0) is 59.8. The molecule has 10 aromatic rings. The van der Waals surface area contributed by atoms with E-state index in [1.807, 2.05) is 30.3 Å². The Morgan fingerprint density at radius 2 is 1.23 bits per heavy atom. The van der Waals surface area contributed by atoms with Gasteiger partial charge in [0.2, 0.25) is 0 Å². The normalized spacial score (nSPS) is 13.3. The molecular formula is C66H58F9IrN3O-2. The van der Waals surface area contributed by atoms with Crippen molar-refractivity contribution in [1.82, 2.24) is 14.5 Å². The van der Waals surface area contributed by atoms with Crippen LogP contribution in [0, 0.1) is 30.6 Å². The van der Waals surface area contributed by atoms with Crippen LogP contribution >= 0.6 is 0 Å². The molecule has 0 aliphatic heterocycles. The van der Waals surface area contributed by atoms with Gasteiger partial charge >= 0.3 is 18.0 Å². The maximum absolute atomic E-state index is 14.9. The number of aromatic nitrogens is 3. The Morgan fingerprint density at radius 3 is 1.79 bits per heavy atom. The largest absolute Gasteiger partial charge is 0.501 e. The molecule has 14 heteroatoms. The summed E-state index contributed by atoms with van der Waals surface area (Å²) in [6.45, 7) is 20.3. The summed E-state index contributed by atoms with van der Waals surface area (Å²) in [6, 6.07) is 43.0. The van der Waals surface area contributed by atoms with Crippen molar-refractivity contribution in [2.24, 2.45) is 0 Å². The number of hydrogen-bond acceptors (Lipinski definition) is 3. The number of para-hydroxylation sites is 2. The predicted molar refractivity (Wildman–Crippen MR) is 297 cm³/mol. The molecule has 0 saturated heterocycles. The topological polar surface area (TPSA) is 43.9 Å². The third-order valence-electron chi connectivity index (χ3n) is 14.1. The van der Waals surface area contributed by atoms with E-state index in [1.165, 1.54) is 51.6 Å². The summed E-state index contributed by atoms with van der Waals surface area (Å²) in [5.41, 5.74) is 4.78. The molecule has 0 unspecified atom stereocenters. The van der Waals surface area contributed by atoms with Gasteiger partial charge in [0.05, 0.1) is 28.0 Å². The molecule has 3 heterocycles. The van der Waals surface area contributed by atoms with E-state index in [1.54, 1.807) is 12.1 Å². The summed E-state index contributed by atoms with van der Waals surface area (Å²) in [6.07, 6.45) is -11.9. The second kappa shape index (κ2) is 21.8. The Labute approximate surface area is 477 Å². The number of aryl methyl sites for hydroxylation is 1. The van der Waals surface area contributed by atoms with Crippen molar-refractivity contribution in [3.63, 3.8) is 0 Å². The molecule has 7 aromatic carbocycles.